The quantitative estimate of drug-likeness (QED) is 0.0293. The average molecular weight is 1080 g/mol. The molecule has 15 nitrogen and oxygen atoms in total. The van der Waals surface area contributed by atoms with E-state index in [1.54, 1.807) is 20.8 Å². The number of allylic oxidation sites excluding steroid dienone is 2. The molecule has 0 unspecified atom stereocenters. The maximum Gasteiger partial charge on any atom is 0.201 e. The smallest absolute Gasteiger partial charge is 0.201 e. The molecule has 3 atom stereocenters. The van der Waals surface area contributed by atoms with Gasteiger partial charge in [-0.1, -0.05) is 116 Å². The fraction of sp³-hybridized carbons (Fsp3) is 0.787. The Morgan fingerprint density at radius 1 is 0.447 bits per heavy atom. The number of Topliss-reactive ketones (excluding diaryl/α,β-unsaturated/α-hetero) is 11. The van der Waals surface area contributed by atoms with Crippen LogP contribution in [-0.4, -0.2) is 68.7 Å². The SMILES string of the molecule is CCC/C(CC(C)=O)=C(/O)C(=O)CC1CC1.CCC[C@@H](CC(=O)C(C)(C)C)C(=O)C(=O)CC1CC1.CCC[C@H](CC(=O)C(C)(C)C)C(=O)C(=O)CC1CC1.[2H][C@@](CCC)(CC(=O)C(C)(C)C)C(=O)C(=O)CC1CC1.[OH3+].[OH3+].[OH3+]. The van der Waals surface area contributed by atoms with Crippen LogP contribution in [0, 0.1) is 57.6 Å². The van der Waals surface area contributed by atoms with Crippen molar-refractivity contribution < 1.29 is 75.6 Å². The van der Waals surface area contributed by atoms with Crippen molar-refractivity contribution in [3.63, 3.8) is 0 Å². The molecule has 0 aliphatic heterocycles. The van der Waals surface area contributed by atoms with Gasteiger partial charge in [-0.25, -0.2) is 0 Å². The van der Waals surface area contributed by atoms with Gasteiger partial charge in [-0.2, -0.15) is 0 Å². The highest BCUT2D eigenvalue weighted by molar-refractivity contribution is 6.39. The van der Waals surface area contributed by atoms with Crippen molar-refractivity contribution in [2.75, 3.05) is 0 Å². The van der Waals surface area contributed by atoms with Crippen LogP contribution in [0.5, 0.6) is 0 Å². The molecule has 0 aromatic carbocycles. The zero-order valence-electron chi connectivity index (χ0n) is 50.6. The van der Waals surface area contributed by atoms with Crippen LogP contribution in [-0.2, 0) is 69.2 Å². The minimum Gasteiger partial charge on any atom is -0.504 e. The monoisotopic (exact) mass is 1080 g/mol. The van der Waals surface area contributed by atoms with Crippen LogP contribution < -0.4 is 0 Å². The van der Waals surface area contributed by atoms with Crippen LogP contribution in [0.1, 0.15) is 252 Å². The Labute approximate surface area is 457 Å². The van der Waals surface area contributed by atoms with E-state index in [2.05, 4.69) is 0 Å². The van der Waals surface area contributed by atoms with E-state index < -0.39 is 45.5 Å². The minimum atomic E-state index is -1.56. The second kappa shape index (κ2) is 36.1. The fourth-order valence-electron chi connectivity index (χ4n) is 7.92. The molecule has 0 aromatic heterocycles. The van der Waals surface area contributed by atoms with Crippen LogP contribution in [0.3, 0.4) is 0 Å². The van der Waals surface area contributed by atoms with Crippen molar-refractivity contribution >= 4 is 63.6 Å². The summed E-state index contributed by atoms with van der Waals surface area (Å²) in [4.78, 5) is 131. The highest BCUT2D eigenvalue weighted by atomic mass is 16.3. The largest absolute Gasteiger partial charge is 0.504 e. The van der Waals surface area contributed by atoms with Crippen LogP contribution >= 0.6 is 0 Å². The van der Waals surface area contributed by atoms with Crippen LogP contribution in [0.25, 0.3) is 0 Å². The standard InChI is InChI=1S/3C16H26O3.C13H20O3.3H2O/c3*1-5-6-12(10-14(18)16(2,3)4)15(19)13(17)9-11-7-8-11;1-3-4-11(7-9(2)14)13(16)12(15)8-10-5-6-10;;;/h3*11-12H,5-10H2,1-4H3;10,16H,3-8H2,1-2H3;3*1H2/p+3/b;;;13-11-;;;/t3*12-;;;;/m110..../s1/i12D;;;;;;. The van der Waals surface area contributed by atoms with E-state index in [-0.39, 0.29) is 113 Å². The van der Waals surface area contributed by atoms with Gasteiger partial charge in [0.1, 0.15) is 23.1 Å². The van der Waals surface area contributed by atoms with E-state index in [1.165, 1.54) is 6.92 Å². The molecule has 438 valence electrons. The fourth-order valence-corrected chi connectivity index (χ4v) is 7.92. The van der Waals surface area contributed by atoms with E-state index in [1.807, 2.05) is 69.2 Å². The highest BCUT2D eigenvalue weighted by Gasteiger charge is 2.37. The van der Waals surface area contributed by atoms with Crippen molar-refractivity contribution in [3.8, 4) is 0 Å². The zero-order valence-corrected chi connectivity index (χ0v) is 49.6. The Balaban J connectivity index is -0.000000939. The summed E-state index contributed by atoms with van der Waals surface area (Å²) in [6.07, 6.45) is 15.7. The summed E-state index contributed by atoms with van der Waals surface area (Å²) >= 11 is 0. The van der Waals surface area contributed by atoms with Crippen molar-refractivity contribution in [3.05, 3.63) is 11.3 Å². The second-order valence-electron chi connectivity index (χ2n) is 24.9. The summed E-state index contributed by atoms with van der Waals surface area (Å²) < 4.78 is 8.34. The molecule has 0 bridgehead atoms. The molecule has 4 saturated carbocycles. The lowest BCUT2D eigenvalue weighted by molar-refractivity contribution is -0.141. The number of ketones is 11. The van der Waals surface area contributed by atoms with Crippen molar-refractivity contribution in [2.45, 2.75) is 251 Å². The van der Waals surface area contributed by atoms with Gasteiger partial charge in [0, 0.05) is 86.7 Å². The number of aliphatic hydroxyl groups is 1. The molecule has 0 amide bonds. The molecule has 0 saturated heterocycles. The summed E-state index contributed by atoms with van der Waals surface area (Å²) in [6, 6.07) is 0. The lowest BCUT2D eigenvalue weighted by Crippen LogP contribution is -2.30. The minimum absolute atomic E-state index is 0. The Hall–Kier alpha value is -4.21. The molecule has 4 fully saturated rings. The number of hydrogen-bond acceptors (Lipinski definition) is 12. The van der Waals surface area contributed by atoms with Gasteiger partial charge >= 0.3 is 0 Å². The molecule has 0 heterocycles. The molecule has 0 aromatic rings. The molecule has 4 aliphatic carbocycles. The number of aliphatic hydroxyl groups excluding tert-OH is 1. The third kappa shape index (κ3) is 31.9. The lowest BCUT2D eigenvalue weighted by atomic mass is 9.81. The predicted octanol–water partition coefficient (Wildman–Crippen LogP) is 10.2. The number of carbonyl (C=O) groups is 11. The first kappa shape index (κ1) is 73.9. The van der Waals surface area contributed by atoms with Gasteiger partial charge < -0.3 is 21.5 Å². The molecule has 15 heteroatoms. The van der Waals surface area contributed by atoms with E-state index in [0.29, 0.717) is 74.2 Å². The molecule has 10 N–H and O–H groups in total. The average Bonchev–Trinajstić information content (AvgIpc) is 4.05. The van der Waals surface area contributed by atoms with Gasteiger partial charge in [0.2, 0.25) is 17.3 Å². The maximum absolute atomic E-state index is 12.3. The molecular weight excluding hydrogens is 973 g/mol. The molecule has 76 heavy (non-hydrogen) atoms. The van der Waals surface area contributed by atoms with E-state index in [9.17, 15) is 57.8 Å². The lowest BCUT2D eigenvalue weighted by Gasteiger charge is -2.20. The predicted molar refractivity (Wildman–Crippen MR) is 301 cm³/mol. The summed E-state index contributed by atoms with van der Waals surface area (Å²) in [5.74, 6) is -3.32. The summed E-state index contributed by atoms with van der Waals surface area (Å²) in [7, 11) is 0. The van der Waals surface area contributed by atoms with Gasteiger partial charge in [0.25, 0.3) is 0 Å². The molecular formula is C61H107O15+3. The number of hydrogen-bond donors (Lipinski definition) is 1. The highest BCUT2D eigenvalue weighted by Crippen LogP contribution is 2.36. The summed E-state index contributed by atoms with van der Waals surface area (Å²) in [6.45, 7) is 25.7. The first-order valence-corrected chi connectivity index (χ1v) is 27.9. The van der Waals surface area contributed by atoms with Crippen molar-refractivity contribution in [1.82, 2.24) is 0 Å². The first-order chi connectivity index (χ1) is 34.1. The van der Waals surface area contributed by atoms with Gasteiger partial charge in [-0.15, -0.1) is 0 Å². The van der Waals surface area contributed by atoms with Crippen molar-refractivity contribution in [2.24, 2.45) is 57.6 Å². The summed E-state index contributed by atoms with van der Waals surface area (Å²) in [5.41, 5.74) is -0.849. The normalized spacial score (nSPS) is 16.9. The Bertz CT molecular complexity index is 1940. The maximum atomic E-state index is 12.3. The molecule has 0 spiro atoms. The topological polar surface area (TPSA) is 307 Å². The van der Waals surface area contributed by atoms with Crippen LogP contribution in [0.2, 0.25) is 0 Å². The molecule has 4 rings (SSSR count). The summed E-state index contributed by atoms with van der Waals surface area (Å²) in [5, 5.41) is 9.81. The van der Waals surface area contributed by atoms with Gasteiger partial charge in [0.15, 0.2) is 28.9 Å². The third-order valence-electron chi connectivity index (χ3n) is 13.7. The van der Waals surface area contributed by atoms with Gasteiger partial charge in [-0.05, 0) is 113 Å². The van der Waals surface area contributed by atoms with Gasteiger partial charge in [0.05, 0.1) is 0 Å². The van der Waals surface area contributed by atoms with E-state index in [0.717, 1.165) is 70.6 Å². The third-order valence-corrected chi connectivity index (χ3v) is 13.7. The Morgan fingerprint density at radius 3 is 1.00 bits per heavy atom. The molecule has 4 aliphatic rings. The van der Waals surface area contributed by atoms with Crippen LogP contribution in [0.15, 0.2) is 11.3 Å². The van der Waals surface area contributed by atoms with E-state index in [4.69, 9.17) is 1.37 Å². The number of rotatable bonds is 31. The van der Waals surface area contributed by atoms with Crippen LogP contribution in [0.4, 0.5) is 0 Å². The Kier molecular flexibility index (Phi) is 35.0. The Morgan fingerprint density at radius 2 is 0.737 bits per heavy atom. The molecule has 0 radical (unpaired) electrons. The van der Waals surface area contributed by atoms with E-state index >= 15 is 0 Å². The van der Waals surface area contributed by atoms with Crippen molar-refractivity contribution in [1.29, 1.82) is 0 Å². The first-order valence-electron chi connectivity index (χ1n) is 28.4. The van der Waals surface area contributed by atoms with Gasteiger partial charge in [-0.3, -0.25) is 52.7 Å². The second-order valence-corrected chi connectivity index (χ2v) is 24.9. The zero-order chi connectivity index (χ0) is 56.9. The number of carbonyl (C=O) groups excluding carboxylic acids is 11.